The van der Waals surface area contributed by atoms with Crippen LogP contribution in [0.3, 0.4) is 0 Å². The molecular weight excluding hydrogens is 366 g/mol. The second kappa shape index (κ2) is 6.60. The minimum Gasteiger partial charge on any atom is -0.506 e. The van der Waals surface area contributed by atoms with Crippen molar-refractivity contribution in [2.75, 3.05) is 14.2 Å². The zero-order valence-electron chi connectivity index (χ0n) is 15.9. The first kappa shape index (κ1) is 17.2. The first-order valence-electron chi connectivity index (χ1n) is 9.09. The van der Waals surface area contributed by atoms with E-state index in [0.29, 0.717) is 17.0 Å². The summed E-state index contributed by atoms with van der Waals surface area (Å²) < 4.78 is 11.2. The van der Waals surface area contributed by atoms with Crippen LogP contribution < -0.4 is 9.47 Å². The number of rotatable bonds is 3. The van der Waals surface area contributed by atoms with Gasteiger partial charge in [-0.3, -0.25) is 9.97 Å². The summed E-state index contributed by atoms with van der Waals surface area (Å²) in [6.45, 7) is 0. The van der Waals surface area contributed by atoms with Gasteiger partial charge in [0.2, 0.25) is 0 Å². The number of fused-ring (bicyclic) bond motifs is 4. The van der Waals surface area contributed by atoms with Crippen molar-refractivity contribution in [1.29, 1.82) is 0 Å². The second-order valence-electron chi connectivity index (χ2n) is 6.61. The SMILES string of the molecule is COc1ccnc2c1ccc1c(OC)cc(-c3ccnc4c(O)cccc34)nc12. The Morgan fingerprint density at radius 1 is 0.724 bits per heavy atom. The lowest BCUT2D eigenvalue weighted by atomic mass is 10.0. The Morgan fingerprint density at radius 3 is 2.24 bits per heavy atom. The first-order valence-corrected chi connectivity index (χ1v) is 9.09. The van der Waals surface area contributed by atoms with Gasteiger partial charge in [-0.2, -0.15) is 0 Å². The maximum Gasteiger partial charge on any atom is 0.141 e. The number of hydrogen-bond donors (Lipinski definition) is 1. The van der Waals surface area contributed by atoms with Gasteiger partial charge in [-0.1, -0.05) is 12.1 Å². The molecule has 6 heteroatoms. The van der Waals surface area contributed by atoms with E-state index in [2.05, 4.69) is 9.97 Å². The molecule has 0 radical (unpaired) electrons. The molecule has 5 aromatic rings. The molecule has 142 valence electrons. The normalized spacial score (nSPS) is 11.2. The quantitative estimate of drug-likeness (QED) is 0.454. The molecular formula is C23H17N3O3. The van der Waals surface area contributed by atoms with E-state index in [1.807, 2.05) is 36.4 Å². The van der Waals surface area contributed by atoms with E-state index in [-0.39, 0.29) is 5.75 Å². The Hall–Kier alpha value is -3.93. The van der Waals surface area contributed by atoms with Gasteiger partial charge in [-0.25, -0.2) is 4.98 Å². The minimum atomic E-state index is 0.133. The van der Waals surface area contributed by atoms with E-state index in [1.54, 1.807) is 38.7 Å². The van der Waals surface area contributed by atoms with Crippen LogP contribution in [0.2, 0.25) is 0 Å². The Balaban J connectivity index is 1.89. The van der Waals surface area contributed by atoms with Gasteiger partial charge in [0.1, 0.15) is 33.8 Å². The number of nitrogens with zero attached hydrogens (tertiary/aromatic N) is 3. The highest BCUT2D eigenvalue weighted by molar-refractivity contribution is 6.08. The summed E-state index contributed by atoms with van der Waals surface area (Å²) in [4.78, 5) is 13.8. The Bertz CT molecular complexity index is 1400. The molecule has 0 fully saturated rings. The van der Waals surface area contributed by atoms with Gasteiger partial charge < -0.3 is 14.6 Å². The van der Waals surface area contributed by atoms with Crippen LogP contribution in [0.5, 0.6) is 17.2 Å². The molecule has 0 aliphatic carbocycles. The van der Waals surface area contributed by atoms with E-state index in [4.69, 9.17) is 14.5 Å². The number of phenols is 1. The molecule has 0 saturated carbocycles. The molecule has 29 heavy (non-hydrogen) atoms. The third-order valence-corrected chi connectivity index (χ3v) is 5.08. The molecule has 0 saturated heterocycles. The van der Waals surface area contributed by atoms with Crippen molar-refractivity contribution in [3.8, 4) is 28.5 Å². The van der Waals surface area contributed by atoms with Gasteiger partial charge in [0, 0.05) is 40.2 Å². The maximum absolute atomic E-state index is 10.2. The molecule has 0 unspecified atom stereocenters. The maximum atomic E-state index is 10.2. The Kier molecular flexibility index (Phi) is 3.91. The van der Waals surface area contributed by atoms with Crippen molar-refractivity contribution >= 4 is 32.7 Å². The topological polar surface area (TPSA) is 77.4 Å². The van der Waals surface area contributed by atoms with Crippen LogP contribution in [0.25, 0.3) is 44.0 Å². The highest BCUT2D eigenvalue weighted by atomic mass is 16.5. The van der Waals surface area contributed by atoms with Gasteiger partial charge in [0.05, 0.1) is 19.9 Å². The van der Waals surface area contributed by atoms with Gasteiger partial charge >= 0.3 is 0 Å². The second-order valence-corrected chi connectivity index (χ2v) is 6.61. The summed E-state index contributed by atoms with van der Waals surface area (Å²) in [5.41, 5.74) is 3.56. The molecule has 3 aromatic heterocycles. The first-order chi connectivity index (χ1) is 14.2. The van der Waals surface area contributed by atoms with Gasteiger partial charge in [0.15, 0.2) is 0 Å². The zero-order chi connectivity index (χ0) is 20.0. The summed E-state index contributed by atoms with van der Waals surface area (Å²) >= 11 is 0. The number of aromatic hydroxyl groups is 1. The Morgan fingerprint density at radius 2 is 1.45 bits per heavy atom. The van der Waals surface area contributed by atoms with Crippen LogP contribution >= 0.6 is 0 Å². The lowest BCUT2D eigenvalue weighted by Gasteiger charge is -2.13. The smallest absolute Gasteiger partial charge is 0.141 e. The summed E-state index contributed by atoms with van der Waals surface area (Å²) in [5, 5.41) is 12.7. The van der Waals surface area contributed by atoms with Crippen molar-refractivity contribution < 1.29 is 14.6 Å². The molecule has 0 spiro atoms. The summed E-state index contributed by atoms with van der Waals surface area (Å²) in [6.07, 6.45) is 3.38. The minimum absolute atomic E-state index is 0.133. The molecule has 0 aliphatic heterocycles. The number of para-hydroxylation sites is 1. The molecule has 0 atom stereocenters. The summed E-state index contributed by atoms with van der Waals surface area (Å²) in [5.74, 6) is 1.57. The standard InChI is InChI=1S/C23H17N3O3/c1-28-19-9-11-25-22-15(19)6-7-16-20(29-2)12-17(26-23(16)22)13-8-10-24-21-14(13)4-3-5-18(21)27/h3-12,27H,1-2H3. The van der Waals surface area contributed by atoms with E-state index in [9.17, 15) is 5.11 Å². The van der Waals surface area contributed by atoms with E-state index >= 15 is 0 Å². The summed E-state index contributed by atoms with van der Waals surface area (Å²) in [7, 11) is 3.28. The molecule has 1 N–H and O–H groups in total. The largest absolute Gasteiger partial charge is 0.506 e. The molecule has 3 heterocycles. The number of phenolic OH excluding ortho intramolecular Hbond substituents is 1. The van der Waals surface area contributed by atoms with Crippen LogP contribution in [-0.2, 0) is 0 Å². The Labute approximate surface area is 166 Å². The van der Waals surface area contributed by atoms with E-state index in [1.165, 1.54) is 0 Å². The van der Waals surface area contributed by atoms with Crippen molar-refractivity contribution in [3.63, 3.8) is 0 Å². The number of benzene rings is 2. The van der Waals surface area contributed by atoms with Crippen LogP contribution in [0.1, 0.15) is 0 Å². The number of hydrogen-bond acceptors (Lipinski definition) is 6. The van der Waals surface area contributed by atoms with Crippen LogP contribution in [0, 0.1) is 0 Å². The predicted octanol–water partition coefficient (Wildman–Crippen LogP) is 4.72. The number of ether oxygens (including phenoxy) is 2. The highest BCUT2D eigenvalue weighted by Crippen LogP contribution is 2.37. The van der Waals surface area contributed by atoms with Crippen LogP contribution in [0.15, 0.2) is 60.9 Å². The molecule has 6 nitrogen and oxygen atoms in total. The molecule has 2 aromatic carbocycles. The predicted molar refractivity (Wildman–Crippen MR) is 113 cm³/mol. The number of pyridine rings is 3. The lowest BCUT2D eigenvalue weighted by molar-refractivity contribution is 0.419. The van der Waals surface area contributed by atoms with Crippen LogP contribution in [-0.4, -0.2) is 34.3 Å². The fourth-order valence-corrected chi connectivity index (χ4v) is 3.71. The van der Waals surface area contributed by atoms with Crippen molar-refractivity contribution in [2.45, 2.75) is 0 Å². The van der Waals surface area contributed by atoms with E-state index in [0.717, 1.165) is 38.5 Å². The monoisotopic (exact) mass is 383 g/mol. The third kappa shape index (κ3) is 2.61. The van der Waals surface area contributed by atoms with Gasteiger partial charge in [0.25, 0.3) is 0 Å². The van der Waals surface area contributed by atoms with Crippen molar-refractivity contribution in [2.24, 2.45) is 0 Å². The lowest BCUT2D eigenvalue weighted by Crippen LogP contribution is -1.95. The highest BCUT2D eigenvalue weighted by Gasteiger charge is 2.15. The zero-order valence-corrected chi connectivity index (χ0v) is 15.9. The molecule has 0 amide bonds. The van der Waals surface area contributed by atoms with Crippen molar-refractivity contribution in [1.82, 2.24) is 15.0 Å². The van der Waals surface area contributed by atoms with Crippen LogP contribution in [0.4, 0.5) is 0 Å². The third-order valence-electron chi connectivity index (χ3n) is 5.08. The molecule has 5 rings (SSSR count). The number of methoxy groups -OCH3 is 2. The average Bonchev–Trinajstić information content (AvgIpc) is 2.77. The molecule has 0 bridgehead atoms. The van der Waals surface area contributed by atoms with E-state index < -0.39 is 0 Å². The summed E-state index contributed by atoms with van der Waals surface area (Å²) in [6, 6.07) is 14.9. The average molecular weight is 383 g/mol. The van der Waals surface area contributed by atoms with Gasteiger partial charge in [-0.15, -0.1) is 0 Å². The molecule has 0 aliphatic rings. The number of aromatic nitrogens is 3. The fraction of sp³-hybridized carbons (Fsp3) is 0.0870. The fourth-order valence-electron chi connectivity index (χ4n) is 3.71. The van der Waals surface area contributed by atoms with Crippen molar-refractivity contribution in [3.05, 3.63) is 60.9 Å². The van der Waals surface area contributed by atoms with Gasteiger partial charge in [-0.05, 0) is 30.3 Å².